The Morgan fingerprint density at radius 1 is 1.03 bits per heavy atom. The van der Waals surface area contributed by atoms with Gasteiger partial charge in [-0.2, -0.15) is 0 Å². The summed E-state index contributed by atoms with van der Waals surface area (Å²) in [6.07, 6.45) is 3.16. The second-order valence-corrected chi connectivity index (χ2v) is 10.2. The molecule has 1 aromatic carbocycles. The zero-order valence-corrected chi connectivity index (χ0v) is 19.8. The Kier molecular flexibility index (Phi) is 6.65. The van der Waals surface area contributed by atoms with Crippen molar-refractivity contribution in [1.29, 1.82) is 0 Å². The molecule has 2 atom stereocenters. The maximum atomic E-state index is 13.6. The normalized spacial score (nSPS) is 23.0. The molecule has 1 saturated carbocycles. The molecule has 2 aliphatic heterocycles. The zero-order chi connectivity index (χ0) is 23.7. The predicted molar refractivity (Wildman–Crippen MR) is 127 cm³/mol. The number of benzene rings is 1. The Morgan fingerprint density at radius 2 is 1.82 bits per heavy atom. The van der Waals surface area contributed by atoms with Crippen molar-refractivity contribution in [2.45, 2.75) is 43.8 Å². The lowest BCUT2D eigenvalue weighted by molar-refractivity contribution is -0.135. The first-order chi connectivity index (χ1) is 16.5. The summed E-state index contributed by atoms with van der Waals surface area (Å²) in [5.74, 6) is -0.806. The maximum Gasteiger partial charge on any atom is 0.264 e. The molecule has 5 rings (SSSR count). The summed E-state index contributed by atoms with van der Waals surface area (Å²) in [7, 11) is 0. The van der Waals surface area contributed by atoms with Crippen LogP contribution in [-0.2, 0) is 4.79 Å². The molecule has 34 heavy (non-hydrogen) atoms. The summed E-state index contributed by atoms with van der Waals surface area (Å²) in [6.45, 7) is 3.12. The number of hydrogen-bond donors (Lipinski definition) is 1. The molecule has 180 valence electrons. The summed E-state index contributed by atoms with van der Waals surface area (Å²) in [4.78, 5) is 46.5. The first-order valence-electron chi connectivity index (χ1n) is 11.9. The van der Waals surface area contributed by atoms with Crippen LogP contribution in [0.1, 0.15) is 45.7 Å². The minimum atomic E-state index is -0.641. The number of nitrogens with zero attached hydrogens (tertiary/aromatic N) is 3. The SMILES string of the molecule is O=C(C1CC(N(C(=O)c2cccs2)C2CC2)CN1C(=O)c1ccc(F)cc1)N1CCCNCC1. The summed E-state index contributed by atoms with van der Waals surface area (Å²) < 4.78 is 13.5. The first kappa shape index (κ1) is 23.0. The van der Waals surface area contributed by atoms with Gasteiger partial charge in [-0.25, -0.2) is 4.39 Å². The quantitative estimate of drug-likeness (QED) is 0.708. The van der Waals surface area contributed by atoms with Crippen molar-refractivity contribution in [3.05, 3.63) is 58.0 Å². The molecule has 2 unspecified atom stereocenters. The molecule has 3 amide bonds. The molecule has 2 aromatic rings. The number of rotatable bonds is 5. The standard InChI is InChI=1S/C25H29FN4O3S/c26-18-6-4-17(5-7-18)23(31)29-16-20(15-21(29)24(32)28-12-2-10-27-11-13-28)30(19-8-9-19)25(33)22-3-1-14-34-22/h1,3-7,14,19-21,27H,2,8-13,15-16H2. The van der Waals surface area contributed by atoms with E-state index in [4.69, 9.17) is 0 Å². The van der Waals surface area contributed by atoms with Crippen molar-refractivity contribution in [2.75, 3.05) is 32.7 Å². The Labute approximate surface area is 202 Å². The van der Waals surface area contributed by atoms with Crippen molar-refractivity contribution < 1.29 is 18.8 Å². The van der Waals surface area contributed by atoms with Crippen LogP contribution in [0.3, 0.4) is 0 Å². The van der Waals surface area contributed by atoms with E-state index in [0.29, 0.717) is 36.5 Å². The summed E-state index contributed by atoms with van der Waals surface area (Å²) in [5.41, 5.74) is 0.347. The molecule has 3 heterocycles. The van der Waals surface area contributed by atoms with Crippen LogP contribution >= 0.6 is 11.3 Å². The minimum absolute atomic E-state index is 0.0243. The van der Waals surface area contributed by atoms with E-state index in [2.05, 4.69) is 5.32 Å². The minimum Gasteiger partial charge on any atom is -0.340 e. The van der Waals surface area contributed by atoms with E-state index in [1.54, 1.807) is 4.90 Å². The largest absolute Gasteiger partial charge is 0.340 e. The van der Waals surface area contributed by atoms with E-state index in [9.17, 15) is 18.8 Å². The van der Waals surface area contributed by atoms with Crippen LogP contribution < -0.4 is 5.32 Å². The molecule has 9 heteroatoms. The molecule has 0 spiro atoms. The second-order valence-electron chi connectivity index (χ2n) is 9.22. The molecule has 1 N–H and O–H groups in total. The van der Waals surface area contributed by atoms with Gasteiger partial charge in [0.1, 0.15) is 11.9 Å². The van der Waals surface area contributed by atoms with Gasteiger partial charge >= 0.3 is 0 Å². The van der Waals surface area contributed by atoms with Gasteiger partial charge < -0.3 is 20.0 Å². The molecule has 2 saturated heterocycles. The van der Waals surface area contributed by atoms with E-state index in [-0.39, 0.29) is 29.8 Å². The highest BCUT2D eigenvalue weighted by Crippen LogP contribution is 2.36. The van der Waals surface area contributed by atoms with Gasteiger partial charge in [-0.15, -0.1) is 11.3 Å². The van der Waals surface area contributed by atoms with Crippen LogP contribution in [0, 0.1) is 5.82 Å². The first-order valence-corrected chi connectivity index (χ1v) is 12.8. The van der Waals surface area contributed by atoms with E-state index < -0.39 is 11.9 Å². The molecule has 3 fully saturated rings. The van der Waals surface area contributed by atoms with Crippen LogP contribution in [0.4, 0.5) is 4.39 Å². The summed E-state index contributed by atoms with van der Waals surface area (Å²) in [6, 6.07) is 8.40. The van der Waals surface area contributed by atoms with E-state index in [1.165, 1.54) is 35.6 Å². The zero-order valence-electron chi connectivity index (χ0n) is 19.0. The van der Waals surface area contributed by atoms with Gasteiger partial charge in [-0.3, -0.25) is 14.4 Å². The highest BCUT2D eigenvalue weighted by Gasteiger charge is 2.48. The number of carbonyl (C=O) groups is 3. The van der Waals surface area contributed by atoms with Gasteiger partial charge in [0.15, 0.2) is 0 Å². The number of nitrogens with one attached hydrogen (secondary N) is 1. The van der Waals surface area contributed by atoms with Crippen LogP contribution in [0.5, 0.6) is 0 Å². The number of likely N-dealkylation sites (tertiary alicyclic amines) is 1. The number of amides is 3. The van der Waals surface area contributed by atoms with Crippen LogP contribution in [-0.4, -0.2) is 83.3 Å². The van der Waals surface area contributed by atoms with Gasteiger partial charge in [0.05, 0.1) is 10.9 Å². The highest BCUT2D eigenvalue weighted by atomic mass is 32.1. The third-order valence-corrected chi connectivity index (χ3v) is 7.73. The molecule has 7 nitrogen and oxygen atoms in total. The van der Waals surface area contributed by atoms with Crippen molar-refractivity contribution in [3.63, 3.8) is 0 Å². The fourth-order valence-electron chi connectivity index (χ4n) is 5.02. The topological polar surface area (TPSA) is 73.0 Å². The van der Waals surface area contributed by atoms with Crippen molar-refractivity contribution in [3.8, 4) is 0 Å². The maximum absolute atomic E-state index is 13.6. The molecule has 0 radical (unpaired) electrons. The van der Waals surface area contributed by atoms with Crippen LogP contribution in [0.15, 0.2) is 41.8 Å². The monoisotopic (exact) mass is 484 g/mol. The van der Waals surface area contributed by atoms with Crippen LogP contribution in [0.2, 0.25) is 0 Å². The van der Waals surface area contributed by atoms with Gasteiger partial charge in [0, 0.05) is 37.8 Å². The average Bonchev–Trinajstić information content (AvgIpc) is 3.44. The lowest BCUT2D eigenvalue weighted by atomic mass is 10.1. The molecule has 0 bridgehead atoms. The van der Waals surface area contributed by atoms with Gasteiger partial charge in [0.2, 0.25) is 5.91 Å². The number of hydrogen-bond acceptors (Lipinski definition) is 5. The summed E-state index contributed by atoms with van der Waals surface area (Å²) in [5, 5.41) is 5.19. The number of thiophene rings is 1. The molecular formula is C25H29FN4O3S. The van der Waals surface area contributed by atoms with Crippen molar-refractivity contribution in [2.24, 2.45) is 0 Å². The van der Waals surface area contributed by atoms with Crippen molar-refractivity contribution >= 4 is 29.1 Å². The third kappa shape index (κ3) is 4.72. The fourth-order valence-corrected chi connectivity index (χ4v) is 5.69. The Balaban J connectivity index is 1.43. The van der Waals surface area contributed by atoms with Gasteiger partial charge in [-0.1, -0.05) is 6.07 Å². The van der Waals surface area contributed by atoms with Gasteiger partial charge in [0.25, 0.3) is 11.8 Å². The smallest absolute Gasteiger partial charge is 0.264 e. The highest BCUT2D eigenvalue weighted by molar-refractivity contribution is 7.12. The fraction of sp³-hybridized carbons (Fsp3) is 0.480. The lowest BCUT2D eigenvalue weighted by Crippen LogP contribution is -2.48. The molecule has 1 aliphatic carbocycles. The summed E-state index contributed by atoms with van der Waals surface area (Å²) >= 11 is 1.41. The van der Waals surface area contributed by atoms with Crippen molar-refractivity contribution in [1.82, 2.24) is 20.0 Å². The molecule has 3 aliphatic rings. The Morgan fingerprint density at radius 3 is 2.53 bits per heavy atom. The number of halogens is 1. The Bertz CT molecular complexity index is 1030. The lowest BCUT2D eigenvalue weighted by Gasteiger charge is -2.29. The number of carbonyl (C=O) groups excluding carboxylic acids is 3. The second kappa shape index (κ2) is 9.84. The average molecular weight is 485 g/mol. The predicted octanol–water partition coefficient (Wildman–Crippen LogP) is 2.60. The third-order valence-electron chi connectivity index (χ3n) is 6.87. The van der Waals surface area contributed by atoms with E-state index in [0.717, 1.165) is 32.4 Å². The Hall–Kier alpha value is -2.78. The van der Waals surface area contributed by atoms with Crippen LogP contribution in [0.25, 0.3) is 0 Å². The molecule has 1 aromatic heterocycles. The van der Waals surface area contributed by atoms with E-state index in [1.807, 2.05) is 27.3 Å². The van der Waals surface area contributed by atoms with E-state index >= 15 is 0 Å². The molecular weight excluding hydrogens is 455 g/mol. The van der Waals surface area contributed by atoms with Gasteiger partial charge in [-0.05, 0) is 67.9 Å².